The molecular weight excluding hydrogens is 366 g/mol. The summed E-state index contributed by atoms with van der Waals surface area (Å²) in [6.45, 7) is 0. The Hall–Kier alpha value is -0.650. The van der Waals surface area contributed by atoms with E-state index >= 15 is 0 Å². The third-order valence-corrected chi connectivity index (χ3v) is 4.43. The molecular formula is C12H9Br2NOS. The smallest absolute Gasteiger partial charge is 0.265 e. The van der Waals surface area contributed by atoms with Gasteiger partial charge in [-0.25, -0.2) is 0 Å². The number of carbonyl (C=O) groups excluding carboxylic acids is 1. The fourth-order valence-electron chi connectivity index (χ4n) is 1.38. The number of amides is 1. The molecule has 0 unspecified atom stereocenters. The van der Waals surface area contributed by atoms with E-state index in [0.717, 1.165) is 20.4 Å². The number of hydrogen-bond acceptors (Lipinski definition) is 2. The second-order valence-electron chi connectivity index (χ2n) is 3.35. The average molecular weight is 375 g/mol. The number of benzene rings is 1. The Morgan fingerprint density at radius 2 is 2.00 bits per heavy atom. The minimum Gasteiger partial charge on any atom is -0.321 e. The van der Waals surface area contributed by atoms with Crippen molar-refractivity contribution in [1.29, 1.82) is 0 Å². The molecule has 0 radical (unpaired) electrons. The normalized spacial score (nSPS) is 10.2. The van der Waals surface area contributed by atoms with E-state index in [1.54, 1.807) is 6.07 Å². The molecule has 2 nitrogen and oxygen atoms in total. The van der Waals surface area contributed by atoms with Gasteiger partial charge >= 0.3 is 0 Å². The molecule has 2 rings (SSSR count). The van der Waals surface area contributed by atoms with Crippen molar-refractivity contribution in [1.82, 2.24) is 0 Å². The van der Waals surface area contributed by atoms with Crippen molar-refractivity contribution in [3.8, 4) is 0 Å². The number of carbonyl (C=O) groups is 1. The molecule has 0 saturated heterocycles. The van der Waals surface area contributed by atoms with Crippen molar-refractivity contribution < 1.29 is 4.79 Å². The maximum Gasteiger partial charge on any atom is 0.265 e. The number of halogens is 2. The summed E-state index contributed by atoms with van der Waals surface area (Å²) in [6.07, 6.45) is 0. The Morgan fingerprint density at radius 1 is 1.24 bits per heavy atom. The summed E-state index contributed by atoms with van der Waals surface area (Å²) in [5, 5.41) is 3.63. The van der Waals surface area contributed by atoms with Crippen LogP contribution >= 0.6 is 43.2 Å². The number of anilines is 1. The number of thiophene rings is 1. The van der Waals surface area contributed by atoms with Gasteiger partial charge in [0.15, 0.2) is 0 Å². The van der Waals surface area contributed by atoms with Crippen LogP contribution in [-0.2, 0) is 5.33 Å². The zero-order chi connectivity index (χ0) is 12.3. The number of nitrogens with one attached hydrogen (secondary N) is 1. The molecule has 0 aliphatic carbocycles. The third-order valence-electron chi connectivity index (χ3n) is 2.21. The van der Waals surface area contributed by atoms with Crippen LogP contribution in [0, 0.1) is 0 Å². The van der Waals surface area contributed by atoms with E-state index in [1.165, 1.54) is 11.3 Å². The molecule has 0 spiro atoms. The number of hydrogen-bond donors (Lipinski definition) is 1. The van der Waals surface area contributed by atoms with Gasteiger partial charge in [-0.15, -0.1) is 11.3 Å². The zero-order valence-corrected chi connectivity index (χ0v) is 12.7. The first-order valence-corrected chi connectivity index (χ1v) is 7.64. The first kappa shape index (κ1) is 12.8. The minimum absolute atomic E-state index is 0.0749. The van der Waals surface area contributed by atoms with Crippen molar-refractivity contribution in [2.75, 3.05) is 5.32 Å². The van der Waals surface area contributed by atoms with Crippen LogP contribution in [0.3, 0.4) is 0 Å². The van der Waals surface area contributed by atoms with Gasteiger partial charge < -0.3 is 5.32 Å². The molecule has 17 heavy (non-hydrogen) atoms. The zero-order valence-electron chi connectivity index (χ0n) is 8.74. The summed E-state index contributed by atoms with van der Waals surface area (Å²) in [5.41, 5.74) is 1.91. The van der Waals surface area contributed by atoms with Gasteiger partial charge in [-0.1, -0.05) is 34.1 Å². The fourth-order valence-corrected chi connectivity index (χ4v) is 3.15. The second kappa shape index (κ2) is 5.80. The van der Waals surface area contributed by atoms with Gasteiger partial charge in [0.1, 0.15) is 0 Å². The summed E-state index contributed by atoms with van der Waals surface area (Å²) >= 11 is 8.17. The van der Waals surface area contributed by atoms with Crippen molar-refractivity contribution in [3.05, 3.63) is 50.6 Å². The molecule has 0 fully saturated rings. The van der Waals surface area contributed by atoms with Crippen LogP contribution in [0.4, 0.5) is 5.69 Å². The van der Waals surface area contributed by atoms with Crippen molar-refractivity contribution in [3.63, 3.8) is 0 Å². The number of rotatable bonds is 3. The largest absolute Gasteiger partial charge is 0.321 e. The molecule has 1 heterocycles. The summed E-state index contributed by atoms with van der Waals surface area (Å²) in [6, 6.07) is 11.4. The first-order valence-electron chi connectivity index (χ1n) is 4.91. The van der Waals surface area contributed by atoms with E-state index in [0.29, 0.717) is 4.88 Å². The highest BCUT2D eigenvalue weighted by molar-refractivity contribution is 9.11. The maximum atomic E-state index is 12.0. The molecule has 1 amide bonds. The van der Waals surface area contributed by atoms with E-state index in [4.69, 9.17) is 0 Å². The van der Waals surface area contributed by atoms with Gasteiger partial charge in [0.05, 0.1) is 8.66 Å². The Balaban J connectivity index is 2.18. The lowest BCUT2D eigenvalue weighted by Crippen LogP contribution is -2.11. The molecule has 88 valence electrons. The minimum atomic E-state index is -0.0749. The van der Waals surface area contributed by atoms with Crippen molar-refractivity contribution >= 4 is 54.8 Å². The molecule has 0 aliphatic rings. The van der Waals surface area contributed by atoms with Gasteiger partial charge in [-0.3, -0.25) is 4.79 Å². The Labute approximate surface area is 120 Å². The van der Waals surface area contributed by atoms with Gasteiger partial charge in [0.2, 0.25) is 0 Å². The van der Waals surface area contributed by atoms with Gasteiger partial charge in [0, 0.05) is 11.0 Å². The number of para-hydroxylation sites is 1. The third kappa shape index (κ3) is 3.18. The van der Waals surface area contributed by atoms with Gasteiger partial charge in [0.25, 0.3) is 5.91 Å². The summed E-state index contributed by atoms with van der Waals surface area (Å²) in [4.78, 5) is 12.7. The highest BCUT2D eigenvalue weighted by atomic mass is 79.9. The molecule has 5 heteroatoms. The van der Waals surface area contributed by atoms with E-state index in [2.05, 4.69) is 37.2 Å². The highest BCUT2D eigenvalue weighted by Crippen LogP contribution is 2.24. The SMILES string of the molecule is O=C(Nc1ccccc1CBr)c1ccc(Br)s1. The predicted octanol–water partition coefficient (Wildman–Crippen LogP) is 4.66. The maximum absolute atomic E-state index is 12.0. The van der Waals surface area contributed by atoms with Crippen molar-refractivity contribution in [2.24, 2.45) is 0 Å². The lowest BCUT2D eigenvalue weighted by atomic mass is 10.2. The van der Waals surface area contributed by atoms with Gasteiger partial charge in [-0.2, -0.15) is 0 Å². The van der Waals surface area contributed by atoms with Crippen LogP contribution in [0.5, 0.6) is 0 Å². The van der Waals surface area contributed by atoms with Crippen LogP contribution in [0.25, 0.3) is 0 Å². The summed E-state index contributed by atoms with van der Waals surface area (Å²) < 4.78 is 0.955. The topological polar surface area (TPSA) is 29.1 Å². The lowest BCUT2D eigenvalue weighted by molar-refractivity contribution is 0.103. The standard InChI is InChI=1S/C12H9Br2NOS/c13-7-8-3-1-2-4-9(8)15-12(16)10-5-6-11(14)17-10/h1-6H,7H2,(H,15,16). The molecule has 2 aromatic rings. The van der Waals surface area contributed by atoms with Crippen LogP contribution in [0.2, 0.25) is 0 Å². The summed E-state index contributed by atoms with van der Waals surface area (Å²) in [7, 11) is 0. The van der Waals surface area contributed by atoms with E-state index in [1.807, 2.05) is 30.3 Å². The van der Waals surface area contributed by atoms with E-state index < -0.39 is 0 Å². The Morgan fingerprint density at radius 3 is 2.65 bits per heavy atom. The van der Waals surface area contributed by atoms with Crippen LogP contribution < -0.4 is 5.32 Å². The summed E-state index contributed by atoms with van der Waals surface area (Å²) in [5.74, 6) is -0.0749. The first-order chi connectivity index (χ1) is 8.20. The Bertz CT molecular complexity index is 539. The molecule has 0 bridgehead atoms. The van der Waals surface area contributed by atoms with Crippen LogP contribution in [0.15, 0.2) is 40.2 Å². The molecule has 1 aromatic carbocycles. The van der Waals surface area contributed by atoms with Crippen LogP contribution in [0.1, 0.15) is 15.2 Å². The molecule has 1 aromatic heterocycles. The predicted molar refractivity (Wildman–Crippen MR) is 79.0 cm³/mol. The number of alkyl halides is 1. The lowest BCUT2D eigenvalue weighted by Gasteiger charge is -2.07. The van der Waals surface area contributed by atoms with Gasteiger partial charge in [-0.05, 0) is 39.7 Å². The fraction of sp³-hybridized carbons (Fsp3) is 0.0833. The second-order valence-corrected chi connectivity index (χ2v) is 6.37. The Kier molecular flexibility index (Phi) is 4.36. The highest BCUT2D eigenvalue weighted by Gasteiger charge is 2.10. The molecule has 0 atom stereocenters. The quantitative estimate of drug-likeness (QED) is 0.778. The van der Waals surface area contributed by atoms with Crippen molar-refractivity contribution in [2.45, 2.75) is 5.33 Å². The monoisotopic (exact) mass is 373 g/mol. The van der Waals surface area contributed by atoms with E-state index in [-0.39, 0.29) is 5.91 Å². The van der Waals surface area contributed by atoms with E-state index in [9.17, 15) is 4.79 Å². The van der Waals surface area contributed by atoms with Crippen LogP contribution in [-0.4, -0.2) is 5.91 Å². The molecule has 0 saturated carbocycles. The average Bonchev–Trinajstić information content (AvgIpc) is 2.77. The molecule has 0 aliphatic heterocycles. The molecule has 1 N–H and O–H groups in total.